The minimum absolute atomic E-state index is 0.0888. The van der Waals surface area contributed by atoms with E-state index in [1.54, 1.807) is 6.92 Å². The van der Waals surface area contributed by atoms with Gasteiger partial charge in [0, 0.05) is 23.6 Å². The first-order valence-corrected chi connectivity index (χ1v) is 5.81. The Morgan fingerprint density at radius 1 is 1.11 bits per heavy atom. The highest BCUT2D eigenvalue weighted by molar-refractivity contribution is 5.94. The Balaban J connectivity index is 2.24. The highest BCUT2D eigenvalue weighted by Gasteiger charge is 2.14. The molecule has 0 unspecified atom stereocenters. The quantitative estimate of drug-likeness (QED) is 0.455. The summed E-state index contributed by atoms with van der Waals surface area (Å²) in [6.07, 6.45) is 1.88. The number of Topliss-reactive ketones (excluding diaryl/α,β-unsaturated/α-hetero) is 1. The van der Waals surface area contributed by atoms with Crippen LogP contribution in [0, 0.1) is 11.8 Å². The van der Waals surface area contributed by atoms with Gasteiger partial charge in [0.2, 0.25) is 12.3 Å². The topological polar surface area (TPSA) is 20.9 Å². The average Bonchev–Trinajstić information content (AvgIpc) is 2.42. The number of aromatic nitrogens is 1. The molecule has 2 heteroatoms. The number of carbonyl (C=O) groups excluding carboxylic acids is 1. The zero-order valence-corrected chi connectivity index (χ0v) is 10.3. The van der Waals surface area contributed by atoms with E-state index >= 15 is 0 Å². The minimum atomic E-state index is 0.0888. The molecule has 0 aliphatic rings. The molecule has 18 heavy (non-hydrogen) atoms. The van der Waals surface area contributed by atoms with E-state index in [4.69, 9.17) is 0 Å². The Morgan fingerprint density at radius 3 is 2.56 bits per heavy atom. The molecule has 0 fully saturated rings. The monoisotopic (exact) mass is 236 g/mol. The van der Waals surface area contributed by atoms with E-state index in [9.17, 15) is 4.79 Å². The van der Waals surface area contributed by atoms with Crippen LogP contribution in [0.15, 0.2) is 54.7 Å². The molecule has 0 saturated heterocycles. The van der Waals surface area contributed by atoms with Crippen molar-refractivity contribution in [2.75, 3.05) is 0 Å². The van der Waals surface area contributed by atoms with Crippen molar-refractivity contribution >= 4 is 5.78 Å². The van der Waals surface area contributed by atoms with Crippen LogP contribution in [0.5, 0.6) is 0 Å². The van der Waals surface area contributed by atoms with Gasteiger partial charge < -0.3 is 0 Å². The molecule has 0 atom stereocenters. The van der Waals surface area contributed by atoms with E-state index in [2.05, 4.69) is 11.8 Å². The predicted molar refractivity (Wildman–Crippen MR) is 70.0 cm³/mol. The van der Waals surface area contributed by atoms with Gasteiger partial charge in [0.25, 0.3) is 5.69 Å². The van der Waals surface area contributed by atoms with Gasteiger partial charge in [0.1, 0.15) is 0 Å². The van der Waals surface area contributed by atoms with Crippen LogP contribution in [0.4, 0.5) is 0 Å². The Bertz CT molecular complexity index is 606. The summed E-state index contributed by atoms with van der Waals surface area (Å²) in [4.78, 5) is 12.1. The molecule has 0 radical (unpaired) electrons. The van der Waals surface area contributed by atoms with Crippen molar-refractivity contribution in [3.63, 3.8) is 0 Å². The lowest BCUT2D eigenvalue weighted by Crippen LogP contribution is -2.40. The maximum Gasteiger partial charge on any atom is 0.257 e. The van der Waals surface area contributed by atoms with Crippen LogP contribution >= 0.6 is 0 Å². The summed E-state index contributed by atoms with van der Waals surface area (Å²) in [5.74, 6) is 5.94. The molecule has 0 spiro atoms. The average molecular weight is 236 g/mol. The van der Waals surface area contributed by atoms with E-state index in [-0.39, 0.29) is 5.78 Å². The summed E-state index contributed by atoms with van der Waals surface area (Å²) >= 11 is 0. The van der Waals surface area contributed by atoms with Gasteiger partial charge in [-0.15, -0.1) is 0 Å². The van der Waals surface area contributed by atoms with E-state index < -0.39 is 0 Å². The molecule has 1 heterocycles. The highest BCUT2D eigenvalue weighted by Crippen LogP contribution is 2.00. The molecule has 88 valence electrons. The molecule has 2 rings (SSSR count). The van der Waals surface area contributed by atoms with Gasteiger partial charge in [-0.2, -0.15) is 4.57 Å². The number of rotatable bonds is 3. The minimum Gasteiger partial charge on any atom is -0.287 e. The number of pyridine rings is 1. The summed E-state index contributed by atoms with van der Waals surface area (Å²) in [7, 11) is 0. The zero-order chi connectivity index (χ0) is 12.8. The summed E-state index contributed by atoms with van der Waals surface area (Å²) in [5.41, 5.74) is 1.58. The second-order valence-corrected chi connectivity index (χ2v) is 3.88. The second-order valence-electron chi connectivity index (χ2n) is 3.88. The first kappa shape index (κ1) is 12.1. The molecule has 0 aliphatic heterocycles. The van der Waals surface area contributed by atoms with Gasteiger partial charge in [-0.25, -0.2) is 0 Å². The van der Waals surface area contributed by atoms with Crippen LogP contribution in [0.1, 0.15) is 23.0 Å². The molecule has 2 aromatic rings. The fraction of sp³-hybridized carbons (Fsp3) is 0.125. The fourth-order valence-corrected chi connectivity index (χ4v) is 1.73. The maximum atomic E-state index is 12.1. The normalized spacial score (nSPS) is 9.39. The molecule has 0 bridgehead atoms. The van der Waals surface area contributed by atoms with Gasteiger partial charge in [-0.05, 0) is 13.0 Å². The Hall–Kier alpha value is -2.40. The van der Waals surface area contributed by atoms with Crippen molar-refractivity contribution in [1.29, 1.82) is 0 Å². The third kappa shape index (κ3) is 2.83. The van der Waals surface area contributed by atoms with Gasteiger partial charge in [0.15, 0.2) is 6.20 Å². The van der Waals surface area contributed by atoms with Crippen LogP contribution in [-0.4, -0.2) is 5.78 Å². The van der Waals surface area contributed by atoms with Crippen molar-refractivity contribution in [3.05, 3.63) is 66.0 Å². The number of benzene rings is 1. The smallest absolute Gasteiger partial charge is 0.257 e. The van der Waals surface area contributed by atoms with E-state index in [0.29, 0.717) is 6.54 Å². The standard InChI is InChI=1S/C16H14NO/c1-2-8-15-11-6-7-12-17(15)13-16(18)14-9-4-3-5-10-14/h3-7,9-12H,13H2,1H3/q+1. The maximum absolute atomic E-state index is 12.1. The lowest BCUT2D eigenvalue weighted by Gasteiger charge is -1.99. The Labute approximate surface area is 107 Å². The molecule has 0 aliphatic carbocycles. The molecule has 0 N–H and O–H groups in total. The van der Waals surface area contributed by atoms with Crippen LogP contribution in [0.3, 0.4) is 0 Å². The van der Waals surface area contributed by atoms with Gasteiger partial charge >= 0.3 is 0 Å². The molecule has 0 amide bonds. The van der Waals surface area contributed by atoms with Crippen LogP contribution < -0.4 is 4.57 Å². The predicted octanol–water partition coefficient (Wildman–Crippen LogP) is 2.23. The second kappa shape index (κ2) is 5.79. The lowest BCUT2D eigenvalue weighted by molar-refractivity contribution is -0.685. The van der Waals surface area contributed by atoms with Gasteiger partial charge in [-0.3, -0.25) is 4.79 Å². The largest absolute Gasteiger partial charge is 0.287 e. The van der Waals surface area contributed by atoms with Gasteiger partial charge in [0.05, 0.1) is 0 Å². The SMILES string of the molecule is CC#Cc1cccc[n+]1CC(=O)c1ccccc1. The zero-order valence-electron chi connectivity index (χ0n) is 10.3. The van der Waals surface area contributed by atoms with Crippen LogP contribution in [0.25, 0.3) is 0 Å². The van der Waals surface area contributed by atoms with Gasteiger partial charge in [-0.1, -0.05) is 36.3 Å². The van der Waals surface area contributed by atoms with Crippen LogP contribution in [-0.2, 0) is 6.54 Å². The number of ketones is 1. The summed E-state index contributed by atoms with van der Waals surface area (Å²) < 4.78 is 1.87. The molecule has 1 aromatic carbocycles. The van der Waals surface area contributed by atoms with E-state index in [1.165, 1.54) is 0 Å². The molecule has 0 saturated carbocycles. The third-order valence-electron chi connectivity index (χ3n) is 2.60. The highest BCUT2D eigenvalue weighted by atomic mass is 16.1. The van der Waals surface area contributed by atoms with Crippen molar-refractivity contribution in [2.24, 2.45) is 0 Å². The summed E-state index contributed by atoms with van der Waals surface area (Å²) in [5, 5.41) is 0. The number of carbonyl (C=O) groups is 1. The fourth-order valence-electron chi connectivity index (χ4n) is 1.73. The molecule has 1 aromatic heterocycles. The molecule has 2 nitrogen and oxygen atoms in total. The number of hydrogen-bond acceptors (Lipinski definition) is 1. The van der Waals surface area contributed by atoms with Crippen molar-refractivity contribution in [1.82, 2.24) is 0 Å². The van der Waals surface area contributed by atoms with Crippen molar-refractivity contribution in [2.45, 2.75) is 13.5 Å². The van der Waals surface area contributed by atoms with E-state index in [0.717, 1.165) is 11.3 Å². The number of nitrogens with zero attached hydrogens (tertiary/aromatic N) is 1. The van der Waals surface area contributed by atoms with Crippen LogP contribution in [0.2, 0.25) is 0 Å². The molecular formula is C16H14NO+. The summed E-state index contributed by atoms with van der Waals surface area (Å²) in [6, 6.07) is 15.0. The Morgan fingerprint density at radius 2 is 1.83 bits per heavy atom. The lowest BCUT2D eigenvalue weighted by atomic mass is 10.1. The summed E-state index contributed by atoms with van der Waals surface area (Å²) in [6.45, 7) is 2.10. The van der Waals surface area contributed by atoms with Crippen molar-refractivity contribution in [3.8, 4) is 11.8 Å². The first-order chi connectivity index (χ1) is 8.81. The first-order valence-electron chi connectivity index (χ1n) is 5.81. The van der Waals surface area contributed by atoms with E-state index in [1.807, 2.05) is 59.3 Å². The van der Waals surface area contributed by atoms with Crippen molar-refractivity contribution < 1.29 is 9.36 Å². The number of hydrogen-bond donors (Lipinski definition) is 0. The molecular weight excluding hydrogens is 222 g/mol. The third-order valence-corrected chi connectivity index (χ3v) is 2.60. The Kier molecular flexibility index (Phi) is 3.88.